The Morgan fingerprint density at radius 2 is 1.95 bits per heavy atom. The first-order valence-corrected chi connectivity index (χ1v) is 6.90. The molecule has 0 fully saturated rings. The van der Waals surface area contributed by atoms with Crippen molar-refractivity contribution in [2.45, 2.75) is 26.8 Å². The van der Waals surface area contributed by atoms with E-state index in [0.717, 1.165) is 21.3 Å². The quantitative estimate of drug-likeness (QED) is 0.880. The molecule has 0 spiro atoms. The van der Waals surface area contributed by atoms with Crippen molar-refractivity contribution in [3.05, 3.63) is 57.6 Å². The average Bonchev–Trinajstić information content (AvgIpc) is 2.33. The van der Waals surface area contributed by atoms with Crippen molar-refractivity contribution in [3.8, 4) is 0 Å². The Balaban J connectivity index is 2.26. The van der Waals surface area contributed by atoms with Gasteiger partial charge in [-0.05, 0) is 65.5 Å². The average molecular weight is 323 g/mol. The highest BCUT2D eigenvalue weighted by molar-refractivity contribution is 9.10. The van der Waals surface area contributed by atoms with Crippen LogP contribution in [0, 0.1) is 19.7 Å². The molecule has 1 atom stereocenters. The van der Waals surface area contributed by atoms with Gasteiger partial charge >= 0.3 is 0 Å². The number of aryl methyl sites for hydroxylation is 2. The molecule has 1 unspecified atom stereocenters. The molecule has 19 heavy (non-hydrogen) atoms. The molecule has 1 aromatic heterocycles. The smallest absolute Gasteiger partial charge is 0.141 e. The van der Waals surface area contributed by atoms with Gasteiger partial charge < -0.3 is 5.32 Å². The number of halogens is 2. The summed E-state index contributed by atoms with van der Waals surface area (Å²) in [4.78, 5) is 3.88. The highest BCUT2D eigenvalue weighted by Gasteiger charge is 2.11. The van der Waals surface area contributed by atoms with Crippen LogP contribution in [-0.4, -0.2) is 4.98 Å². The third kappa shape index (κ3) is 3.32. The molecule has 0 saturated carbocycles. The molecule has 2 rings (SSSR count). The molecule has 0 aliphatic heterocycles. The van der Waals surface area contributed by atoms with Crippen molar-refractivity contribution in [2.75, 3.05) is 5.32 Å². The van der Waals surface area contributed by atoms with Gasteiger partial charge in [-0.3, -0.25) is 4.98 Å². The molecular weight excluding hydrogens is 307 g/mol. The van der Waals surface area contributed by atoms with Gasteiger partial charge in [-0.2, -0.15) is 0 Å². The van der Waals surface area contributed by atoms with Gasteiger partial charge in [0.1, 0.15) is 5.82 Å². The number of nitrogens with one attached hydrogen (secondary N) is 1. The van der Waals surface area contributed by atoms with Gasteiger partial charge in [-0.15, -0.1) is 0 Å². The maximum absolute atomic E-state index is 13.2. The summed E-state index contributed by atoms with van der Waals surface area (Å²) in [6.45, 7) is 6.10. The topological polar surface area (TPSA) is 24.9 Å². The number of anilines is 1. The lowest BCUT2D eigenvalue weighted by molar-refractivity contribution is 0.616. The van der Waals surface area contributed by atoms with Gasteiger partial charge in [0.2, 0.25) is 0 Å². The van der Waals surface area contributed by atoms with Crippen molar-refractivity contribution in [1.82, 2.24) is 4.98 Å². The Morgan fingerprint density at radius 3 is 2.58 bits per heavy atom. The number of aromatic nitrogens is 1. The molecule has 0 radical (unpaired) electrons. The minimum absolute atomic E-state index is 0.0130. The van der Waals surface area contributed by atoms with Crippen LogP contribution < -0.4 is 5.32 Å². The van der Waals surface area contributed by atoms with Gasteiger partial charge in [0.05, 0.1) is 17.9 Å². The zero-order valence-corrected chi connectivity index (χ0v) is 12.8. The van der Waals surface area contributed by atoms with Gasteiger partial charge in [0.15, 0.2) is 0 Å². The molecule has 1 N–H and O–H groups in total. The van der Waals surface area contributed by atoms with Crippen LogP contribution in [0.5, 0.6) is 0 Å². The molecule has 0 aliphatic carbocycles. The molecule has 100 valence electrons. The van der Waals surface area contributed by atoms with E-state index < -0.39 is 0 Å². The van der Waals surface area contributed by atoms with Gasteiger partial charge in [0.25, 0.3) is 0 Å². The summed E-state index contributed by atoms with van der Waals surface area (Å²) in [7, 11) is 0. The highest BCUT2D eigenvalue weighted by atomic mass is 79.9. The summed E-state index contributed by atoms with van der Waals surface area (Å²) in [5.41, 5.74) is 4.22. The molecule has 1 aromatic carbocycles. The van der Waals surface area contributed by atoms with Crippen molar-refractivity contribution in [3.63, 3.8) is 0 Å². The van der Waals surface area contributed by atoms with E-state index in [1.165, 1.54) is 17.8 Å². The van der Waals surface area contributed by atoms with Gasteiger partial charge in [0, 0.05) is 10.7 Å². The molecule has 0 aliphatic rings. The number of benzene rings is 1. The van der Waals surface area contributed by atoms with Crippen LogP contribution >= 0.6 is 15.9 Å². The van der Waals surface area contributed by atoms with E-state index in [4.69, 9.17) is 0 Å². The van der Waals surface area contributed by atoms with E-state index in [2.05, 4.69) is 52.2 Å². The number of nitrogens with zero attached hydrogens (tertiary/aromatic N) is 1. The molecule has 0 bridgehead atoms. The highest BCUT2D eigenvalue weighted by Crippen LogP contribution is 2.30. The lowest BCUT2D eigenvalue weighted by atomic mass is 10.1. The predicted octanol–water partition coefficient (Wildman–Crippen LogP) is 4.77. The summed E-state index contributed by atoms with van der Waals surface area (Å²) >= 11 is 3.56. The summed E-state index contributed by atoms with van der Waals surface area (Å²) in [5.74, 6) is -0.314. The normalized spacial score (nSPS) is 12.3. The maximum atomic E-state index is 13.2. The second kappa shape index (κ2) is 5.70. The van der Waals surface area contributed by atoms with E-state index >= 15 is 0 Å². The van der Waals surface area contributed by atoms with Crippen LogP contribution in [0.3, 0.4) is 0 Å². The Morgan fingerprint density at radius 1 is 1.21 bits per heavy atom. The minimum atomic E-state index is -0.314. The van der Waals surface area contributed by atoms with E-state index in [0.29, 0.717) is 0 Å². The number of hydrogen-bond acceptors (Lipinski definition) is 2. The lowest BCUT2D eigenvalue weighted by Gasteiger charge is -2.19. The van der Waals surface area contributed by atoms with Crippen molar-refractivity contribution >= 4 is 21.6 Å². The molecule has 2 aromatic rings. The number of hydrogen-bond donors (Lipinski definition) is 1. The molecule has 0 saturated heterocycles. The fourth-order valence-corrected chi connectivity index (χ4v) is 2.85. The third-order valence-electron chi connectivity index (χ3n) is 3.02. The van der Waals surface area contributed by atoms with Gasteiger partial charge in [-0.1, -0.05) is 6.07 Å². The monoisotopic (exact) mass is 322 g/mol. The number of rotatable bonds is 3. The first kappa shape index (κ1) is 14.0. The Hall–Kier alpha value is -1.42. The van der Waals surface area contributed by atoms with Crippen LogP contribution in [0.4, 0.5) is 10.1 Å². The SMILES string of the molecule is Cc1cc(C)c(NC(C)c2cncc(F)c2)c(Br)c1. The van der Waals surface area contributed by atoms with E-state index in [-0.39, 0.29) is 11.9 Å². The zero-order chi connectivity index (χ0) is 14.0. The summed E-state index contributed by atoms with van der Waals surface area (Å²) in [6, 6.07) is 5.67. The first-order chi connectivity index (χ1) is 8.97. The largest absolute Gasteiger partial charge is 0.377 e. The fraction of sp³-hybridized carbons (Fsp3) is 0.267. The zero-order valence-electron chi connectivity index (χ0n) is 11.2. The summed E-state index contributed by atoms with van der Waals surface area (Å²) in [6.07, 6.45) is 2.89. The van der Waals surface area contributed by atoms with Gasteiger partial charge in [-0.25, -0.2) is 4.39 Å². The number of pyridine rings is 1. The predicted molar refractivity (Wildman–Crippen MR) is 79.8 cm³/mol. The summed E-state index contributed by atoms with van der Waals surface area (Å²) < 4.78 is 14.2. The molecule has 0 amide bonds. The molecule has 4 heteroatoms. The van der Waals surface area contributed by atoms with E-state index in [1.807, 2.05) is 6.92 Å². The Bertz CT molecular complexity index is 575. The molecular formula is C15H16BrFN2. The summed E-state index contributed by atoms with van der Waals surface area (Å²) in [5, 5.41) is 3.40. The van der Waals surface area contributed by atoms with Crippen LogP contribution in [0.2, 0.25) is 0 Å². The minimum Gasteiger partial charge on any atom is -0.377 e. The third-order valence-corrected chi connectivity index (χ3v) is 3.64. The fourth-order valence-electron chi connectivity index (χ4n) is 2.06. The molecule has 1 heterocycles. The van der Waals surface area contributed by atoms with Crippen LogP contribution in [0.25, 0.3) is 0 Å². The Kier molecular flexibility index (Phi) is 4.20. The second-order valence-electron chi connectivity index (χ2n) is 4.74. The first-order valence-electron chi connectivity index (χ1n) is 6.11. The molecule has 2 nitrogen and oxygen atoms in total. The second-order valence-corrected chi connectivity index (χ2v) is 5.60. The maximum Gasteiger partial charge on any atom is 0.141 e. The standard InChI is InChI=1S/C15H16BrFN2/c1-9-4-10(2)15(14(16)5-9)19-11(3)12-6-13(17)8-18-7-12/h4-8,11,19H,1-3H3. The van der Waals surface area contributed by atoms with Crippen molar-refractivity contribution < 1.29 is 4.39 Å². The van der Waals surface area contributed by atoms with Crippen LogP contribution in [0.1, 0.15) is 29.7 Å². The van der Waals surface area contributed by atoms with Crippen molar-refractivity contribution in [1.29, 1.82) is 0 Å². The Labute approximate surface area is 121 Å². The lowest BCUT2D eigenvalue weighted by Crippen LogP contribution is -2.09. The van der Waals surface area contributed by atoms with E-state index in [9.17, 15) is 4.39 Å². The van der Waals surface area contributed by atoms with Crippen LogP contribution in [-0.2, 0) is 0 Å². The van der Waals surface area contributed by atoms with E-state index in [1.54, 1.807) is 6.20 Å². The van der Waals surface area contributed by atoms with Crippen LogP contribution in [0.15, 0.2) is 35.1 Å². The van der Waals surface area contributed by atoms with Crippen molar-refractivity contribution in [2.24, 2.45) is 0 Å².